The fourth-order valence-electron chi connectivity index (χ4n) is 2.08. The first-order chi connectivity index (χ1) is 8.90. The Morgan fingerprint density at radius 2 is 2.21 bits per heavy atom. The van der Waals surface area contributed by atoms with Crippen molar-refractivity contribution in [3.8, 4) is 11.8 Å². The van der Waals surface area contributed by atoms with Gasteiger partial charge >= 0.3 is 0 Å². The van der Waals surface area contributed by atoms with E-state index in [1.165, 1.54) is 12.1 Å². The van der Waals surface area contributed by atoms with Gasteiger partial charge in [0.05, 0.1) is 12.2 Å². The van der Waals surface area contributed by atoms with Gasteiger partial charge in [-0.2, -0.15) is 5.26 Å². The summed E-state index contributed by atoms with van der Waals surface area (Å²) in [5, 5.41) is 12.3. The van der Waals surface area contributed by atoms with E-state index in [0.717, 1.165) is 12.1 Å². The molecule has 2 atom stereocenters. The predicted molar refractivity (Wildman–Crippen MR) is 73.5 cm³/mol. The lowest BCUT2D eigenvalue weighted by Crippen LogP contribution is -2.44. The second-order valence-electron chi connectivity index (χ2n) is 5.02. The number of nitrogens with zero attached hydrogens (tertiary/aromatic N) is 1. The normalized spacial score (nSPS) is 15.4. The van der Waals surface area contributed by atoms with Crippen molar-refractivity contribution in [1.29, 1.82) is 5.26 Å². The molecule has 0 aliphatic heterocycles. The van der Waals surface area contributed by atoms with Crippen molar-refractivity contribution < 1.29 is 9.13 Å². The SMILES string of the molecule is CCNC(C)(C#N)CC(C)Oc1cc(F)ccc1C. The Labute approximate surface area is 114 Å². The van der Waals surface area contributed by atoms with Crippen LogP contribution in [0.3, 0.4) is 0 Å². The third kappa shape index (κ3) is 4.53. The maximum atomic E-state index is 13.2. The molecule has 0 amide bonds. The van der Waals surface area contributed by atoms with Crippen molar-refractivity contribution in [1.82, 2.24) is 5.32 Å². The first-order valence-electron chi connectivity index (χ1n) is 6.49. The highest BCUT2D eigenvalue weighted by atomic mass is 19.1. The lowest BCUT2D eigenvalue weighted by Gasteiger charge is -2.27. The zero-order valence-corrected chi connectivity index (χ0v) is 12.0. The van der Waals surface area contributed by atoms with Crippen molar-refractivity contribution in [3.63, 3.8) is 0 Å². The Morgan fingerprint density at radius 1 is 1.53 bits per heavy atom. The van der Waals surface area contributed by atoms with Gasteiger partial charge in [-0.15, -0.1) is 0 Å². The molecule has 1 N–H and O–H groups in total. The predicted octanol–water partition coefficient (Wildman–Crippen LogP) is 3.18. The number of aryl methyl sites for hydroxylation is 1. The quantitative estimate of drug-likeness (QED) is 0.858. The van der Waals surface area contributed by atoms with E-state index in [4.69, 9.17) is 4.74 Å². The Morgan fingerprint density at radius 3 is 2.79 bits per heavy atom. The lowest BCUT2D eigenvalue weighted by molar-refractivity contribution is 0.179. The number of rotatable bonds is 6. The number of benzene rings is 1. The third-order valence-corrected chi connectivity index (χ3v) is 2.99. The Hall–Kier alpha value is -1.60. The number of nitrogens with one attached hydrogen (secondary N) is 1. The van der Waals surface area contributed by atoms with Crippen molar-refractivity contribution in [2.45, 2.75) is 45.8 Å². The van der Waals surface area contributed by atoms with Crippen molar-refractivity contribution in [2.75, 3.05) is 6.54 Å². The van der Waals surface area contributed by atoms with Crippen LogP contribution in [0.15, 0.2) is 18.2 Å². The molecule has 0 spiro atoms. The summed E-state index contributed by atoms with van der Waals surface area (Å²) < 4.78 is 18.9. The van der Waals surface area contributed by atoms with Gasteiger partial charge in [-0.05, 0) is 38.9 Å². The minimum absolute atomic E-state index is 0.177. The molecule has 1 aromatic rings. The summed E-state index contributed by atoms with van der Waals surface area (Å²) >= 11 is 0. The fraction of sp³-hybridized carbons (Fsp3) is 0.533. The van der Waals surface area contributed by atoms with Gasteiger partial charge in [0.25, 0.3) is 0 Å². The molecule has 1 rings (SSSR count). The molecule has 19 heavy (non-hydrogen) atoms. The van der Waals surface area contributed by atoms with E-state index in [1.54, 1.807) is 6.07 Å². The molecular weight excluding hydrogens is 243 g/mol. The number of ether oxygens (including phenoxy) is 1. The van der Waals surface area contributed by atoms with Crippen molar-refractivity contribution >= 4 is 0 Å². The Balaban J connectivity index is 2.72. The highest BCUT2D eigenvalue weighted by Crippen LogP contribution is 2.22. The molecule has 0 saturated carbocycles. The van der Waals surface area contributed by atoms with Crippen LogP contribution < -0.4 is 10.1 Å². The molecule has 0 radical (unpaired) electrons. The average molecular weight is 264 g/mol. The first kappa shape index (κ1) is 15.5. The van der Waals surface area contributed by atoms with E-state index in [-0.39, 0.29) is 11.9 Å². The monoisotopic (exact) mass is 264 g/mol. The topological polar surface area (TPSA) is 45.0 Å². The largest absolute Gasteiger partial charge is 0.490 e. The van der Waals surface area contributed by atoms with Crippen molar-refractivity contribution in [2.24, 2.45) is 0 Å². The second kappa shape index (κ2) is 6.53. The summed E-state index contributed by atoms with van der Waals surface area (Å²) in [6.07, 6.45) is 0.358. The minimum atomic E-state index is -0.630. The molecule has 0 aliphatic carbocycles. The summed E-state index contributed by atoms with van der Waals surface area (Å²) in [6, 6.07) is 6.73. The van der Waals surface area contributed by atoms with Gasteiger partial charge in [0.15, 0.2) is 0 Å². The second-order valence-corrected chi connectivity index (χ2v) is 5.02. The minimum Gasteiger partial charge on any atom is -0.490 e. The molecule has 0 saturated heterocycles. The van der Waals surface area contributed by atoms with Gasteiger partial charge in [0, 0.05) is 12.5 Å². The lowest BCUT2D eigenvalue weighted by atomic mass is 9.96. The zero-order chi connectivity index (χ0) is 14.5. The molecule has 1 aromatic carbocycles. The van der Waals surface area contributed by atoms with Crippen molar-refractivity contribution in [3.05, 3.63) is 29.6 Å². The molecule has 0 aliphatic rings. The number of hydrogen-bond acceptors (Lipinski definition) is 3. The van der Waals surface area contributed by atoms with E-state index >= 15 is 0 Å². The molecule has 0 bridgehead atoms. The van der Waals surface area contributed by atoms with E-state index in [1.807, 2.05) is 27.7 Å². The number of hydrogen-bond donors (Lipinski definition) is 1. The Bertz CT molecular complexity index is 470. The van der Waals surface area contributed by atoms with Gasteiger partial charge < -0.3 is 4.74 Å². The maximum absolute atomic E-state index is 13.2. The highest BCUT2D eigenvalue weighted by Gasteiger charge is 2.26. The molecule has 0 aromatic heterocycles. The highest BCUT2D eigenvalue weighted by molar-refractivity contribution is 5.32. The fourth-order valence-corrected chi connectivity index (χ4v) is 2.08. The summed E-state index contributed by atoms with van der Waals surface area (Å²) in [7, 11) is 0. The number of halogens is 1. The van der Waals surface area contributed by atoms with Gasteiger partial charge in [-0.25, -0.2) is 4.39 Å². The van der Waals surface area contributed by atoms with E-state index in [0.29, 0.717) is 12.2 Å². The third-order valence-electron chi connectivity index (χ3n) is 2.99. The first-order valence-corrected chi connectivity index (χ1v) is 6.49. The van der Waals surface area contributed by atoms with Crippen LogP contribution in [0.2, 0.25) is 0 Å². The van der Waals surface area contributed by atoms with Crippen LogP contribution in [0.1, 0.15) is 32.8 Å². The van der Waals surface area contributed by atoms with Crippen LogP contribution >= 0.6 is 0 Å². The van der Waals surface area contributed by atoms with Gasteiger partial charge in [-0.3, -0.25) is 5.32 Å². The standard InChI is InChI=1S/C15H21FN2O/c1-5-18-15(4,10-17)9-12(3)19-14-8-13(16)7-6-11(14)2/h6-8,12,18H,5,9H2,1-4H3. The number of nitriles is 1. The smallest absolute Gasteiger partial charge is 0.126 e. The van der Waals surface area contributed by atoms with Crippen LogP contribution in [0.25, 0.3) is 0 Å². The zero-order valence-electron chi connectivity index (χ0n) is 12.0. The maximum Gasteiger partial charge on any atom is 0.126 e. The van der Waals surface area contributed by atoms with E-state index in [9.17, 15) is 9.65 Å². The summed E-state index contributed by atoms with van der Waals surface area (Å²) in [6.45, 7) is 8.27. The molecule has 4 heteroatoms. The van der Waals surface area contributed by atoms with Crippen LogP contribution in [-0.2, 0) is 0 Å². The molecular formula is C15H21FN2O. The van der Waals surface area contributed by atoms with Crippen LogP contribution in [-0.4, -0.2) is 18.2 Å². The van der Waals surface area contributed by atoms with E-state index in [2.05, 4.69) is 11.4 Å². The average Bonchev–Trinajstić information content (AvgIpc) is 2.34. The van der Waals surface area contributed by atoms with Gasteiger partial charge in [-0.1, -0.05) is 13.0 Å². The summed E-state index contributed by atoms with van der Waals surface area (Å²) in [5.41, 5.74) is 0.255. The molecule has 0 heterocycles. The molecule has 104 valence electrons. The molecule has 0 fully saturated rings. The van der Waals surface area contributed by atoms with Crippen LogP contribution in [0, 0.1) is 24.1 Å². The molecule has 3 nitrogen and oxygen atoms in total. The summed E-state index contributed by atoms with van der Waals surface area (Å²) in [4.78, 5) is 0. The summed E-state index contributed by atoms with van der Waals surface area (Å²) in [5.74, 6) is 0.215. The van der Waals surface area contributed by atoms with E-state index < -0.39 is 5.54 Å². The van der Waals surface area contributed by atoms with Gasteiger partial charge in [0.1, 0.15) is 17.1 Å². The molecule has 2 unspecified atom stereocenters. The van der Waals surface area contributed by atoms with Gasteiger partial charge in [0.2, 0.25) is 0 Å². The van der Waals surface area contributed by atoms with Crippen LogP contribution in [0.5, 0.6) is 5.75 Å². The van der Waals surface area contributed by atoms with Crippen LogP contribution in [0.4, 0.5) is 4.39 Å². The Kier molecular flexibility index (Phi) is 5.31.